The van der Waals surface area contributed by atoms with Crippen LogP contribution in [-0.2, 0) is 11.3 Å². The molecule has 1 amide bonds. The minimum absolute atomic E-state index is 0.278. The molecule has 170 valence electrons. The molecule has 0 atom stereocenters. The number of aromatic nitrogens is 4. The number of hydrogen-bond donors (Lipinski definition) is 3. The van der Waals surface area contributed by atoms with E-state index in [0.29, 0.717) is 17.2 Å². The number of benzene rings is 1. The number of rotatable bonds is 6. The molecule has 3 N–H and O–H groups in total. The van der Waals surface area contributed by atoms with Gasteiger partial charge in [-0.05, 0) is 37.1 Å². The predicted molar refractivity (Wildman–Crippen MR) is 129 cm³/mol. The molecule has 4 aromatic rings. The van der Waals surface area contributed by atoms with E-state index in [2.05, 4.69) is 49.5 Å². The number of carbonyl (C=O) groups excluding carboxylic acids is 1. The van der Waals surface area contributed by atoms with Crippen LogP contribution in [0.25, 0.3) is 10.2 Å². The summed E-state index contributed by atoms with van der Waals surface area (Å²) in [5.74, 6) is 0.379. The maximum Gasteiger partial charge on any atom is 0.275 e. The molecule has 1 saturated heterocycles. The number of fused-ring (bicyclic) bond motifs is 1. The number of aryl methyl sites for hydroxylation is 2. The first-order chi connectivity index (χ1) is 16.1. The van der Waals surface area contributed by atoms with E-state index in [0.717, 1.165) is 54.3 Å². The molecule has 10 heteroatoms. The Morgan fingerprint density at radius 1 is 1.18 bits per heavy atom. The van der Waals surface area contributed by atoms with Gasteiger partial charge in [0.1, 0.15) is 22.7 Å². The summed E-state index contributed by atoms with van der Waals surface area (Å²) in [5, 5.41) is 14.0. The molecule has 5 rings (SSSR count). The lowest BCUT2D eigenvalue weighted by Crippen LogP contribution is -2.35. The van der Waals surface area contributed by atoms with E-state index in [4.69, 9.17) is 4.74 Å². The molecule has 0 aliphatic carbocycles. The summed E-state index contributed by atoms with van der Waals surface area (Å²) in [6, 6.07) is 7.91. The molecule has 0 spiro atoms. The van der Waals surface area contributed by atoms with Crippen molar-refractivity contribution in [3.05, 3.63) is 58.5 Å². The normalized spacial score (nSPS) is 14.5. The van der Waals surface area contributed by atoms with Gasteiger partial charge in [0, 0.05) is 30.2 Å². The molecule has 9 nitrogen and oxygen atoms in total. The second-order valence-electron chi connectivity index (χ2n) is 8.01. The van der Waals surface area contributed by atoms with Crippen LogP contribution in [0.15, 0.2) is 36.8 Å². The smallest absolute Gasteiger partial charge is 0.275 e. The number of anilines is 3. The molecular weight excluding hydrogens is 438 g/mol. The molecule has 0 radical (unpaired) electrons. The van der Waals surface area contributed by atoms with Crippen molar-refractivity contribution in [2.75, 3.05) is 36.9 Å². The van der Waals surface area contributed by atoms with Crippen molar-refractivity contribution in [3.8, 4) is 0 Å². The fourth-order valence-corrected chi connectivity index (χ4v) is 4.86. The van der Waals surface area contributed by atoms with Gasteiger partial charge in [-0.15, -0.1) is 11.3 Å². The topological polar surface area (TPSA) is 108 Å². The zero-order valence-corrected chi connectivity index (χ0v) is 19.3. The molecule has 4 heterocycles. The Hall–Kier alpha value is -3.34. The third-order valence-corrected chi connectivity index (χ3v) is 6.92. The minimum Gasteiger partial charge on any atom is -0.379 e. The lowest BCUT2D eigenvalue weighted by atomic mass is 10.2. The van der Waals surface area contributed by atoms with Gasteiger partial charge < -0.3 is 15.4 Å². The van der Waals surface area contributed by atoms with Crippen LogP contribution in [0.2, 0.25) is 0 Å². The van der Waals surface area contributed by atoms with Crippen molar-refractivity contribution in [2.24, 2.45) is 0 Å². The number of morpholine rings is 1. The average Bonchev–Trinajstić information content (AvgIpc) is 3.40. The SMILES string of the molecule is Cc1sc2ncnc(Nc3cn[nH]c3C(=O)Nc3ccc(CN4CCOCC4)cc3)c2c1C. The van der Waals surface area contributed by atoms with Gasteiger partial charge in [-0.2, -0.15) is 5.10 Å². The van der Waals surface area contributed by atoms with Crippen molar-refractivity contribution < 1.29 is 9.53 Å². The van der Waals surface area contributed by atoms with Crippen molar-refractivity contribution in [3.63, 3.8) is 0 Å². The molecule has 1 fully saturated rings. The number of amides is 1. The molecule has 0 unspecified atom stereocenters. The highest BCUT2D eigenvalue weighted by atomic mass is 32.1. The first-order valence-corrected chi connectivity index (χ1v) is 11.6. The van der Waals surface area contributed by atoms with Crippen LogP contribution in [-0.4, -0.2) is 57.3 Å². The number of thiophene rings is 1. The molecule has 3 aromatic heterocycles. The second kappa shape index (κ2) is 9.26. The highest BCUT2D eigenvalue weighted by Gasteiger charge is 2.18. The number of nitrogens with zero attached hydrogens (tertiary/aromatic N) is 4. The molecule has 0 bridgehead atoms. The van der Waals surface area contributed by atoms with Gasteiger partial charge in [-0.3, -0.25) is 14.8 Å². The van der Waals surface area contributed by atoms with Crippen LogP contribution in [0.3, 0.4) is 0 Å². The Labute approximate surface area is 195 Å². The van der Waals surface area contributed by atoms with Gasteiger partial charge in [0.05, 0.1) is 30.5 Å². The maximum atomic E-state index is 12.9. The van der Waals surface area contributed by atoms with Crippen LogP contribution < -0.4 is 10.6 Å². The third-order valence-electron chi connectivity index (χ3n) is 5.81. The lowest BCUT2D eigenvalue weighted by Gasteiger charge is -2.26. The summed E-state index contributed by atoms with van der Waals surface area (Å²) in [6.07, 6.45) is 3.11. The van der Waals surface area contributed by atoms with E-state index in [1.54, 1.807) is 17.5 Å². The van der Waals surface area contributed by atoms with E-state index < -0.39 is 0 Å². The molecular formula is C23H25N7O2S. The average molecular weight is 464 g/mol. The Morgan fingerprint density at radius 3 is 2.76 bits per heavy atom. The van der Waals surface area contributed by atoms with Crippen molar-refractivity contribution in [1.82, 2.24) is 25.1 Å². The number of nitrogens with one attached hydrogen (secondary N) is 3. The first kappa shape index (κ1) is 21.5. The highest BCUT2D eigenvalue weighted by molar-refractivity contribution is 7.18. The highest BCUT2D eigenvalue weighted by Crippen LogP contribution is 2.34. The standard InChI is InChI=1S/C23H25N7O2S/c1-14-15(2)33-23-19(14)21(24-13-25-23)28-18-11-26-29-20(18)22(31)27-17-5-3-16(4-6-17)12-30-7-9-32-10-8-30/h3-6,11,13H,7-10,12H2,1-2H3,(H,26,29)(H,27,31)(H,24,25,28). The van der Waals surface area contributed by atoms with Crippen molar-refractivity contribution in [1.29, 1.82) is 0 Å². The fraction of sp³-hybridized carbons (Fsp3) is 0.304. The lowest BCUT2D eigenvalue weighted by molar-refractivity contribution is 0.0342. The van der Waals surface area contributed by atoms with Gasteiger partial charge in [0.2, 0.25) is 0 Å². The Morgan fingerprint density at radius 2 is 1.97 bits per heavy atom. The van der Waals surface area contributed by atoms with Gasteiger partial charge in [-0.25, -0.2) is 9.97 Å². The number of hydrogen-bond acceptors (Lipinski definition) is 8. The van der Waals surface area contributed by atoms with Gasteiger partial charge in [0.25, 0.3) is 5.91 Å². The van der Waals surface area contributed by atoms with E-state index in [1.165, 1.54) is 16.8 Å². The summed E-state index contributed by atoms with van der Waals surface area (Å²) in [5.41, 5.74) is 3.95. The number of ether oxygens (including phenoxy) is 1. The van der Waals surface area contributed by atoms with Crippen LogP contribution >= 0.6 is 11.3 Å². The molecule has 33 heavy (non-hydrogen) atoms. The molecule has 1 aromatic carbocycles. The number of aromatic amines is 1. The fourth-order valence-electron chi connectivity index (χ4n) is 3.86. The monoisotopic (exact) mass is 463 g/mol. The Balaban J connectivity index is 1.29. The van der Waals surface area contributed by atoms with Crippen LogP contribution in [0.4, 0.5) is 17.2 Å². The quantitative estimate of drug-likeness (QED) is 0.398. The van der Waals surface area contributed by atoms with Crippen LogP contribution in [0.5, 0.6) is 0 Å². The minimum atomic E-state index is -0.278. The van der Waals surface area contributed by atoms with Gasteiger partial charge in [-0.1, -0.05) is 12.1 Å². The molecule has 0 saturated carbocycles. The molecule has 1 aliphatic rings. The predicted octanol–water partition coefficient (Wildman–Crippen LogP) is 3.86. The van der Waals surface area contributed by atoms with Crippen molar-refractivity contribution >= 4 is 44.7 Å². The maximum absolute atomic E-state index is 12.9. The Kier molecular flexibility index (Phi) is 6.03. The Bertz CT molecular complexity index is 1280. The zero-order valence-electron chi connectivity index (χ0n) is 18.5. The van der Waals surface area contributed by atoms with E-state index in [9.17, 15) is 4.79 Å². The summed E-state index contributed by atoms with van der Waals surface area (Å²) >= 11 is 1.63. The third kappa shape index (κ3) is 4.58. The summed E-state index contributed by atoms with van der Waals surface area (Å²) in [4.78, 5) is 26.2. The van der Waals surface area contributed by atoms with Gasteiger partial charge in [0.15, 0.2) is 0 Å². The first-order valence-electron chi connectivity index (χ1n) is 10.8. The van der Waals surface area contributed by atoms with Crippen LogP contribution in [0.1, 0.15) is 26.5 Å². The molecule has 1 aliphatic heterocycles. The largest absolute Gasteiger partial charge is 0.379 e. The summed E-state index contributed by atoms with van der Waals surface area (Å²) in [6.45, 7) is 8.43. The van der Waals surface area contributed by atoms with E-state index >= 15 is 0 Å². The zero-order chi connectivity index (χ0) is 22.8. The van der Waals surface area contributed by atoms with Crippen LogP contribution in [0, 0.1) is 13.8 Å². The van der Waals surface area contributed by atoms with E-state index in [1.807, 2.05) is 24.3 Å². The van der Waals surface area contributed by atoms with Crippen molar-refractivity contribution in [2.45, 2.75) is 20.4 Å². The number of carbonyl (C=O) groups is 1. The summed E-state index contributed by atoms with van der Waals surface area (Å²) < 4.78 is 5.40. The second-order valence-corrected chi connectivity index (χ2v) is 9.21. The van der Waals surface area contributed by atoms with Gasteiger partial charge >= 0.3 is 0 Å². The van der Waals surface area contributed by atoms with E-state index in [-0.39, 0.29) is 5.91 Å². The summed E-state index contributed by atoms with van der Waals surface area (Å²) in [7, 11) is 0. The number of H-pyrrole nitrogens is 1.